The van der Waals surface area contributed by atoms with Gasteiger partial charge in [0.15, 0.2) is 0 Å². The van der Waals surface area contributed by atoms with Gasteiger partial charge in [0.25, 0.3) is 11.8 Å². The predicted molar refractivity (Wildman–Crippen MR) is 115 cm³/mol. The summed E-state index contributed by atoms with van der Waals surface area (Å²) in [6.07, 6.45) is 3.17. The number of imide groups is 2. The van der Waals surface area contributed by atoms with Gasteiger partial charge in [0.1, 0.15) is 11.3 Å². The Morgan fingerprint density at radius 2 is 1.61 bits per heavy atom. The monoisotopic (exact) mass is 416 g/mol. The van der Waals surface area contributed by atoms with Crippen molar-refractivity contribution in [1.29, 1.82) is 0 Å². The fourth-order valence-electron chi connectivity index (χ4n) is 3.18. The molecule has 2 heterocycles. The van der Waals surface area contributed by atoms with E-state index < -0.39 is 17.8 Å². The van der Waals surface area contributed by atoms with Crippen molar-refractivity contribution in [3.8, 4) is 22.7 Å². The van der Waals surface area contributed by atoms with Crippen molar-refractivity contribution in [3.05, 3.63) is 71.4 Å². The summed E-state index contributed by atoms with van der Waals surface area (Å²) in [5, 5.41) is 8.85. The molecule has 0 unspecified atom stereocenters. The van der Waals surface area contributed by atoms with Crippen molar-refractivity contribution in [2.45, 2.75) is 13.8 Å². The Bertz CT molecular complexity index is 1170. The van der Waals surface area contributed by atoms with E-state index in [-0.39, 0.29) is 5.57 Å². The summed E-state index contributed by atoms with van der Waals surface area (Å²) < 4.78 is 7.18. The van der Waals surface area contributed by atoms with Crippen LogP contribution >= 0.6 is 0 Å². The number of aromatic nitrogens is 2. The summed E-state index contributed by atoms with van der Waals surface area (Å²) in [4.78, 5) is 35.7. The smallest absolute Gasteiger partial charge is 0.328 e. The second kappa shape index (κ2) is 8.27. The fourth-order valence-corrected chi connectivity index (χ4v) is 3.18. The number of benzene rings is 2. The summed E-state index contributed by atoms with van der Waals surface area (Å²) in [7, 11) is 0. The van der Waals surface area contributed by atoms with E-state index in [0.29, 0.717) is 17.9 Å². The number of carbonyl (C=O) groups is 3. The van der Waals surface area contributed by atoms with Gasteiger partial charge >= 0.3 is 6.03 Å². The molecule has 0 saturated carbocycles. The fraction of sp³-hybridized carbons (Fsp3) is 0.130. The molecule has 2 aromatic carbocycles. The molecular formula is C23H20N4O4. The minimum absolute atomic E-state index is 0.171. The maximum Gasteiger partial charge on any atom is 0.328 e. The third kappa shape index (κ3) is 4.23. The quantitative estimate of drug-likeness (QED) is 0.492. The largest absolute Gasteiger partial charge is 0.494 e. The molecule has 0 spiro atoms. The molecule has 0 aliphatic carbocycles. The Morgan fingerprint density at radius 1 is 0.968 bits per heavy atom. The Hall–Kier alpha value is -4.20. The molecule has 3 aromatic rings. The van der Waals surface area contributed by atoms with E-state index in [2.05, 4.69) is 15.7 Å². The first-order chi connectivity index (χ1) is 14.9. The lowest BCUT2D eigenvalue weighted by Gasteiger charge is -2.13. The van der Waals surface area contributed by atoms with Crippen LogP contribution in [0.15, 0.2) is 60.3 Å². The van der Waals surface area contributed by atoms with Crippen LogP contribution in [0, 0.1) is 6.92 Å². The van der Waals surface area contributed by atoms with Gasteiger partial charge in [-0.3, -0.25) is 20.2 Å². The summed E-state index contributed by atoms with van der Waals surface area (Å²) >= 11 is 0. The van der Waals surface area contributed by atoms with Gasteiger partial charge in [-0.05, 0) is 56.3 Å². The van der Waals surface area contributed by atoms with Gasteiger partial charge in [-0.1, -0.05) is 17.7 Å². The van der Waals surface area contributed by atoms with Gasteiger partial charge in [0.2, 0.25) is 0 Å². The van der Waals surface area contributed by atoms with Crippen LogP contribution in [0.2, 0.25) is 0 Å². The number of aryl methyl sites for hydroxylation is 1. The molecule has 4 rings (SSSR count). The van der Waals surface area contributed by atoms with Crippen LogP contribution in [0.25, 0.3) is 23.0 Å². The maximum absolute atomic E-state index is 12.2. The molecule has 0 radical (unpaired) electrons. The Balaban J connectivity index is 1.81. The van der Waals surface area contributed by atoms with Crippen LogP contribution in [0.5, 0.6) is 5.75 Å². The highest BCUT2D eigenvalue weighted by Gasteiger charge is 2.28. The highest BCUT2D eigenvalue weighted by molar-refractivity contribution is 6.31. The van der Waals surface area contributed by atoms with Crippen molar-refractivity contribution >= 4 is 23.9 Å². The summed E-state index contributed by atoms with van der Waals surface area (Å²) in [6.45, 7) is 4.46. The number of amides is 4. The summed E-state index contributed by atoms with van der Waals surface area (Å²) in [5.41, 5.74) is 3.69. The number of rotatable bonds is 5. The van der Waals surface area contributed by atoms with Crippen LogP contribution in [-0.2, 0) is 9.59 Å². The molecule has 1 fully saturated rings. The maximum atomic E-state index is 12.2. The molecule has 8 heteroatoms. The van der Waals surface area contributed by atoms with E-state index in [9.17, 15) is 14.4 Å². The minimum Gasteiger partial charge on any atom is -0.494 e. The standard InChI is InChI=1S/C23H20N4O4/c1-3-31-18-10-6-15(7-11-18)20-16(12-19-21(28)24-23(30)25-22(19)29)13-27(26-20)17-8-4-14(2)5-9-17/h4-13H,3H2,1-2H3,(H2,24,25,28,29,30). The molecular weight excluding hydrogens is 396 g/mol. The zero-order chi connectivity index (χ0) is 22.0. The van der Waals surface area contributed by atoms with Gasteiger partial charge < -0.3 is 4.74 Å². The molecule has 1 aromatic heterocycles. The molecule has 0 atom stereocenters. The highest BCUT2D eigenvalue weighted by Crippen LogP contribution is 2.28. The van der Waals surface area contributed by atoms with Crippen molar-refractivity contribution in [1.82, 2.24) is 20.4 Å². The SMILES string of the molecule is CCOc1ccc(-c2nn(-c3ccc(C)cc3)cc2C=C2C(=O)NC(=O)NC2=O)cc1. The van der Waals surface area contributed by atoms with E-state index in [1.807, 2.05) is 62.4 Å². The first kappa shape index (κ1) is 20.1. The van der Waals surface area contributed by atoms with Crippen molar-refractivity contribution in [2.75, 3.05) is 6.61 Å². The van der Waals surface area contributed by atoms with Gasteiger partial charge in [-0.15, -0.1) is 0 Å². The normalized spacial score (nSPS) is 13.6. The minimum atomic E-state index is -0.839. The first-order valence-electron chi connectivity index (χ1n) is 9.73. The lowest BCUT2D eigenvalue weighted by atomic mass is 10.0. The number of barbiturate groups is 1. The Morgan fingerprint density at radius 3 is 2.23 bits per heavy atom. The van der Waals surface area contributed by atoms with E-state index in [1.54, 1.807) is 10.9 Å². The van der Waals surface area contributed by atoms with Crippen LogP contribution in [-0.4, -0.2) is 34.2 Å². The molecule has 31 heavy (non-hydrogen) atoms. The average molecular weight is 416 g/mol. The molecule has 4 amide bonds. The summed E-state index contributed by atoms with van der Waals surface area (Å²) in [6, 6.07) is 14.4. The van der Waals surface area contributed by atoms with E-state index in [4.69, 9.17) is 4.74 Å². The number of urea groups is 1. The molecule has 8 nitrogen and oxygen atoms in total. The van der Waals surface area contributed by atoms with Crippen LogP contribution in [0.1, 0.15) is 18.1 Å². The number of hydrogen-bond acceptors (Lipinski definition) is 5. The second-order valence-electron chi connectivity index (χ2n) is 6.97. The second-order valence-corrected chi connectivity index (χ2v) is 6.97. The van der Waals surface area contributed by atoms with Gasteiger partial charge in [-0.25, -0.2) is 9.48 Å². The Kier molecular flexibility index (Phi) is 5.36. The van der Waals surface area contributed by atoms with Gasteiger partial charge in [0.05, 0.1) is 18.0 Å². The molecule has 0 bridgehead atoms. The predicted octanol–water partition coefficient (Wildman–Crippen LogP) is 3.00. The van der Waals surface area contributed by atoms with E-state index in [0.717, 1.165) is 22.6 Å². The van der Waals surface area contributed by atoms with E-state index in [1.165, 1.54) is 6.08 Å². The van der Waals surface area contributed by atoms with Crippen molar-refractivity contribution in [2.24, 2.45) is 0 Å². The third-order valence-corrected chi connectivity index (χ3v) is 4.72. The topological polar surface area (TPSA) is 102 Å². The number of carbonyl (C=O) groups excluding carboxylic acids is 3. The lowest BCUT2D eigenvalue weighted by Crippen LogP contribution is -2.51. The van der Waals surface area contributed by atoms with Crippen LogP contribution in [0.4, 0.5) is 4.79 Å². The number of ether oxygens (including phenoxy) is 1. The zero-order valence-corrected chi connectivity index (χ0v) is 17.0. The number of nitrogens with zero attached hydrogens (tertiary/aromatic N) is 2. The zero-order valence-electron chi connectivity index (χ0n) is 17.0. The van der Waals surface area contributed by atoms with Gasteiger partial charge in [-0.2, -0.15) is 5.10 Å². The lowest BCUT2D eigenvalue weighted by molar-refractivity contribution is -0.123. The third-order valence-electron chi connectivity index (χ3n) is 4.72. The van der Waals surface area contributed by atoms with Crippen LogP contribution in [0.3, 0.4) is 0 Å². The Labute approximate surface area is 178 Å². The number of hydrogen-bond donors (Lipinski definition) is 2. The van der Waals surface area contributed by atoms with Gasteiger partial charge in [0, 0.05) is 17.3 Å². The van der Waals surface area contributed by atoms with Crippen LogP contribution < -0.4 is 15.4 Å². The molecule has 1 aliphatic rings. The number of nitrogens with one attached hydrogen (secondary N) is 2. The summed E-state index contributed by atoms with van der Waals surface area (Å²) in [5.74, 6) is -0.780. The highest BCUT2D eigenvalue weighted by atomic mass is 16.5. The van der Waals surface area contributed by atoms with Crippen molar-refractivity contribution < 1.29 is 19.1 Å². The van der Waals surface area contributed by atoms with E-state index >= 15 is 0 Å². The van der Waals surface area contributed by atoms with Crippen molar-refractivity contribution in [3.63, 3.8) is 0 Å². The molecule has 2 N–H and O–H groups in total. The average Bonchev–Trinajstić information content (AvgIpc) is 3.16. The molecule has 1 aliphatic heterocycles. The molecule has 156 valence electrons. The first-order valence-corrected chi connectivity index (χ1v) is 9.73. The molecule has 1 saturated heterocycles.